The average Bonchev–Trinajstić information content (AvgIpc) is 2.46. The molecule has 20 heavy (non-hydrogen) atoms. The summed E-state index contributed by atoms with van der Waals surface area (Å²) in [7, 11) is -3.62. The van der Waals surface area contributed by atoms with Gasteiger partial charge in [-0.15, -0.1) is 0 Å². The number of hydrogen-bond donors (Lipinski definition) is 1. The lowest BCUT2D eigenvalue weighted by molar-refractivity contribution is 0.324. The summed E-state index contributed by atoms with van der Waals surface area (Å²) < 4.78 is 27.2. The lowest BCUT2D eigenvalue weighted by Gasteiger charge is -2.26. The fourth-order valence-electron chi connectivity index (χ4n) is 2.71. The fourth-order valence-corrected chi connectivity index (χ4v) is 4.03. The monoisotopic (exact) mass is 292 g/mol. The smallest absolute Gasteiger partial charge is 0.207 e. The van der Waals surface area contributed by atoms with E-state index in [2.05, 4.69) is 10.8 Å². The molecule has 0 heterocycles. The molecule has 4 nitrogen and oxygen atoms in total. The summed E-state index contributed by atoms with van der Waals surface area (Å²) in [4.78, 5) is 0.230. The third-order valence-electron chi connectivity index (χ3n) is 3.84. The second-order valence-corrected chi connectivity index (χ2v) is 7.16. The summed E-state index contributed by atoms with van der Waals surface area (Å²) in [6.07, 6.45) is 5.19. The number of aryl methyl sites for hydroxylation is 1. The van der Waals surface area contributed by atoms with Crippen molar-refractivity contribution in [1.82, 2.24) is 4.72 Å². The number of benzene rings is 1. The highest BCUT2D eigenvalue weighted by atomic mass is 32.2. The molecule has 0 radical (unpaired) electrons. The SMILES string of the molecule is Cc1cccc(S(=O)(=O)NC(C#N)C2CCCCC2)c1. The van der Waals surface area contributed by atoms with Crippen molar-refractivity contribution in [3.05, 3.63) is 29.8 Å². The van der Waals surface area contributed by atoms with Crippen LogP contribution in [-0.2, 0) is 10.0 Å². The summed E-state index contributed by atoms with van der Waals surface area (Å²) >= 11 is 0. The van der Waals surface area contributed by atoms with E-state index in [1.807, 2.05) is 13.0 Å². The standard InChI is InChI=1S/C15H20N2O2S/c1-12-6-5-9-14(10-12)20(18,19)17-15(11-16)13-7-3-2-4-8-13/h5-6,9-10,13,15,17H,2-4,7-8H2,1H3. The first-order valence-electron chi connectivity index (χ1n) is 7.01. The third-order valence-corrected chi connectivity index (χ3v) is 5.28. The normalized spacial score (nSPS) is 18.4. The molecule has 1 unspecified atom stereocenters. The Morgan fingerprint density at radius 3 is 2.60 bits per heavy atom. The zero-order valence-electron chi connectivity index (χ0n) is 11.7. The van der Waals surface area contributed by atoms with Crippen molar-refractivity contribution in [2.45, 2.75) is 50.0 Å². The van der Waals surface area contributed by atoms with Crippen LogP contribution < -0.4 is 4.72 Å². The van der Waals surface area contributed by atoms with Gasteiger partial charge in [0.05, 0.1) is 11.0 Å². The van der Waals surface area contributed by atoms with Gasteiger partial charge < -0.3 is 0 Å². The molecule has 1 aliphatic rings. The molecule has 1 aromatic rings. The molecular weight excluding hydrogens is 272 g/mol. The third kappa shape index (κ3) is 3.59. The van der Waals surface area contributed by atoms with Gasteiger partial charge in [-0.05, 0) is 43.4 Å². The molecule has 1 atom stereocenters. The van der Waals surface area contributed by atoms with E-state index in [1.165, 1.54) is 6.42 Å². The van der Waals surface area contributed by atoms with Gasteiger partial charge >= 0.3 is 0 Å². The number of sulfonamides is 1. The van der Waals surface area contributed by atoms with Crippen LogP contribution in [0.25, 0.3) is 0 Å². The molecule has 5 heteroatoms. The first kappa shape index (κ1) is 15.0. The highest BCUT2D eigenvalue weighted by Gasteiger charge is 2.28. The lowest BCUT2D eigenvalue weighted by Crippen LogP contribution is -2.40. The van der Waals surface area contributed by atoms with Crippen LogP contribution in [-0.4, -0.2) is 14.5 Å². The summed E-state index contributed by atoms with van der Waals surface area (Å²) in [5.74, 6) is 0.133. The maximum atomic E-state index is 12.3. The molecule has 1 fully saturated rings. The van der Waals surface area contributed by atoms with Crippen molar-refractivity contribution >= 4 is 10.0 Å². The van der Waals surface area contributed by atoms with Crippen molar-refractivity contribution in [2.24, 2.45) is 5.92 Å². The van der Waals surface area contributed by atoms with Crippen LogP contribution in [0.15, 0.2) is 29.2 Å². The molecule has 1 aromatic carbocycles. The van der Waals surface area contributed by atoms with Gasteiger partial charge in [-0.1, -0.05) is 31.4 Å². The Balaban J connectivity index is 2.16. The van der Waals surface area contributed by atoms with Gasteiger partial charge in [-0.25, -0.2) is 8.42 Å². The van der Waals surface area contributed by atoms with Crippen molar-refractivity contribution in [3.63, 3.8) is 0 Å². The molecule has 1 aliphatic carbocycles. The maximum absolute atomic E-state index is 12.3. The zero-order valence-corrected chi connectivity index (χ0v) is 12.5. The number of nitrogens with one attached hydrogen (secondary N) is 1. The molecule has 0 saturated heterocycles. The van der Waals surface area contributed by atoms with E-state index >= 15 is 0 Å². The summed E-state index contributed by atoms with van der Waals surface area (Å²) in [5, 5.41) is 9.27. The van der Waals surface area contributed by atoms with Gasteiger partial charge in [0, 0.05) is 0 Å². The Morgan fingerprint density at radius 2 is 2.00 bits per heavy atom. The zero-order chi connectivity index (χ0) is 14.6. The number of nitrogens with zero attached hydrogens (tertiary/aromatic N) is 1. The maximum Gasteiger partial charge on any atom is 0.241 e. The van der Waals surface area contributed by atoms with Crippen molar-refractivity contribution in [2.75, 3.05) is 0 Å². The van der Waals surface area contributed by atoms with Crippen LogP contribution in [0.1, 0.15) is 37.7 Å². The molecule has 2 rings (SSSR count). The van der Waals surface area contributed by atoms with E-state index in [0.717, 1.165) is 31.2 Å². The van der Waals surface area contributed by atoms with E-state index in [-0.39, 0.29) is 10.8 Å². The second-order valence-electron chi connectivity index (χ2n) is 5.44. The topological polar surface area (TPSA) is 70.0 Å². The van der Waals surface area contributed by atoms with Crippen LogP contribution in [0, 0.1) is 24.2 Å². The van der Waals surface area contributed by atoms with Gasteiger partial charge in [-0.2, -0.15) is 9.98 Å². The molecule has 0 aromatic heterocycles. The molecule has 0 spiro atoms. The Hall–Kier alpha value is -1.38. The Morgan fingerprint density at radius 1 is 1.30 bits per heavy atom. The minimum absolute atomic E-state index is 0.133. The van der Waals surface area contributed by atoms with Crippen LogP contribution in [0.4, 0.5) is 0 Å². The van der Waals surface area contributed by atoms with Crippen molar-refractivity contribution in [1.29, 1.82) is 5.26 Å². The minimum Gasteiger partial charge on any atom is -0.207 e. The largest absolute Gasteiger partial charge is 0.241 e. The lowest BCUT2D eigenvalue weighted by atomic mass is 9.85. The number of rotatable bonds is 4. The molecular formula is C15H20N2O2S. The molecule has 1 saturated carbocycles. The van der Waals surface area contributed by atoms with Crippen LogP contribution in [0.5, 0.6) is 0 Å². The van der Waals surface area contributed by atoms with Crippen molar-refractivity contribution < 1.29 is 8.42 Å². The number of nitriles is 1. The Kier molecular flexibility index (Phi) is 4.79. The Bertz CT molecular complexity index is 599. The van der Waals surface area contributed by atoms with Gasteiger partial charge in [0.25, 0.3) is 0 Å². The fraction of sp³-hybridized carbons (Fsp3) is 0.533. The molecule has 0 bridgehead atoms. The summed E-state index contributed by atoms with van der Waals surface area (Å²) in [5.41, 5.74) is 0.888. The molecule has 0 amide bonds. The van der Waals surface area contributed by atoms with Gasteiger partial charge in [0.2, 0.25) is 10.0 Å². The van der Waals surface area contributed by atoms with Crippen LogP contribution in [0.2, 0.25) is 0 Å². The van der Waals surface area contributed by atoms with E-state index in [0.29, 0.717) is 0 Å². The summed E-state index contributed by atoms with van der Waals surface area (Å²) in [6, 6.07) is 8.24. The molecule has 0 aliphatic heterocycles. The van der Waals surface area contributed by atoms with E-state index in [4.69, 9.17) is 0 Å². The predicted octanol–water partition coefficient (Wildman–Crippen LogP) is 2.75. The van der Waals surface area contributed by atoms with Crippen LogP contribution >= 0.6 is 0 Å². The minimum atomic E-state index is -3.62. The molecule has 108 valence electrons. The van der Waals surface area contributed by atoms with Gasteiger partial charge in [-0.3, -0.25) is 0 Å². The van der Waals surface area contributed by atoms with Crippen LogP contribution in [0.3, 0.4) is 0 Å². The number of hydrogen-bond acceptors (Lipinski definition) is 3. The molecule has 1 N–H and O–H groups in total. The summed E-state index contributed by atoms with van der Waals surface area (Å²) in [6.45, 7) is 1.85. The van der Waals surface area contributed by atoms with E-state index in [9.17, 15) is 13.7 Å². The first-order valence-corrected chi connectivity index (χ1v) is 8.50. The first-order chi connectivity index (χ1) is 9.53. The van der Waals surface area contributed by atoms with E-state index < -0.39 is 16.1 Å². The van der Waals surface area contributed by atoms with Gasteiger partial charge in [0.15, 0.2) is 0 Å². The average molecular weight is 292 g/mol. The highest BCUT2D eigenvalue weighted by molar-refractivity contribution is 7.89. The highest BCUT2D eigenvalue weighted by Crippen LogP contribution is 2.27. The quantitative estimate of drug-likeness (QED) is 0.927. The van der Waals surface area contributed by atoms with E-state index in [1.54, 1.807) is 18.2 Å². The van der Waals surface area contributed by atoms with Crippen molar-refractivity contribution in [3.8, 4) is 6.07 Å². The Labute approximate surface area is 120 Å². The predicted molar refractivity (Wildman–Crippen MR) is 77.5 cm³/mol. The second kappa shape index (κ2) is 6.38. The van der Waals surface area contributed by atoms with Gasteiger partial charge in [0.1, 0.15) is 6.04 Å².